The van der Waals surface area contributed by atoms with Gasteiger partial charge in [0.1, 0.15) is 18.9 Å². The molecule has 0 radical (unpaired) electrons. The van der Waals surface area contributed by atoms with Gasteiger partial charge in [0.2, 0.25) is 0 Å². The second-order valence-electron chi connectivity index (χ2n) is 7.13. The molecule has 1 aromatic carbocycles. The van der Waals surface area contributed by atoms with Gasteiger partial charge in [0.25, 0.3) is 0 Å². The molecule has 9 heteroatoms. The summed E-state index contributed by atoms with van der Waals surface area (Å²) in [6, 6.07) is 6.21. The number of sulfone groups is 1. The maximum Gasteiger partial charge on any atom is 0.173 e. The molecule has 0 bridgehead atoms. The fraction of sp³-hybridized carbons (Fsp3) is 0.611. The third-order valence-corrected chi connectivity index (χ3v) is 7.24. The maximum absolute atomic E-state index is 14.0. The highest BCUT2D eigenvalue weighted by Gasteiger charge is 2.33. The number of morpholine rings is 1. The molecule has 1 aromatic rings. The van der Waals surface area contributed by atoms with Gasteiger partial charge in [0.05, 0.1) is 37.0 Å². The van der Waals surface area contributed by atoms with Crippen LogP contribution >= 0.6 is 12.2 Å². The Bertz CT molecular complexity index is 754. The summed E-state index contributed by atoms with van der Waals surface area (Å²) in [5.41, 5.74) is 0.312. The normalized spacial score (nSPS) is 22.5. The van der Waals surface area contributed by atoms with Crippen LogP contribution in [0.5, 0.6) is 0 Å². The molecule has 0 saturated carbocycles. The monoisotopic (exact) mass is 416 g/mol. The van der Waals surface area contributed by atoms with Crippen molar-refractivity contribution in [3.05, 3.63) is 30.1 Å². The van der Waals surface area contributed by atoms with Gasteiger partial charge in [-0.05, 0) is 30.8 Å². The molecule has 2 fully saturated rings. The minimum Gasteiger partial charge on any atom is -0.370 e. The molecule has 150 valence electrons. The smallest absolute Gasteiger partial charge is 0.173 e. The van der Waals surface area contributed by atoms with Gasteiger partial charge in [0, 0.05) is 19.0 Å². The van der Waals surface area contributed by atoms with Gasteiger partial charge in [0.15, 0.2) is 14.9 Å². The van der Waals surface area contributed by atoms with E-state index in [4.69, 9.17) is 17.0 Å². The number of halogens is 1. The zero-order valence-corrected chi connectivity index (χ0v) is 17.0. The van der Waals surface area contributed by atoms with Crippen molar-refractivity contribution < 1.29 is 22.4 Å². The van der Waals surface area contributed by atoms with Crippen LogP contribution in [0.1, 0.15) is 12.8 Å². The molecule has 2 N–H and O–H groups in total. The van der Waals surface area contributed by atoms with Gasteiger partial charge in [-0.25, -0.2) is 12.8 Å². The number of ether oxygens (including phenoxy) is 1. The molecule has 0 aliphatic carbocycles. The zero-order chi connectivity index (χ0) is 19.3. The summed E-state index contributed by atoms with van der Waals surface area (Å²) in [6.45, 7) is 5.21. The summed E-state index contributed by atoms with van der Waals surface area (Å²) in [6.07, 6.45) is 1.46. The predicted octanol–water partition coefficient (Wildman–Crippen LogP) is 0.317. The second-order valence-corrected chi connectivity index (χ2v) is 9.74. The average Bonchev–Trinajstić information content (AvgIpc) is 3.01. The largest absolute Gasteiger partial charge is 0.370 e. The third-order valence-electron chi connectivity index (χ3n) is 5.15. The highest BCUT2D eigenvalue weighted by atomic mass is 32.2. The van der Waals surface area contributed by atoms with E-state index >= 15 is 0 Å². The molecule has 6 nitrogen and oxygen atoms in total. The fourth-order valence-corrected chi connectivity index (χ4v) is 5.71. The quantitative estimate of drug-likeness (QED) is 0.652. The molecule has 0 aromatic heterocycles. The van der Waals surface area contributed by atoms with Crippen LogP contribution in [-0.2, 0) is 14.6 Å². The molecule has 2 saturated heterocycles. The highest BCUT2D eigenvalue weighted by molar-refractivity contribution is 7.91. The van der Waals surface area contributed by atoms with Crippen LogP contribution < -0.4 is 10.2 Å². The van der Waals surface area contributed by atoms with Crippen LogP contribution in [0.2, 0.25) is 0 Å². The van der Waals surface area contributed by atoms with Gasteiger partial charge >= 0.3 is 0 Å². The van der Waals surface area contributed by atoms with Crippen LogP contribution in [-0.4, -0.2) is 75.4 Å². The van der Waals surface area contributed by atoms with Gasteiger partial charge in [-0.3, -0.25) is 0 Å². The molecule has 0 spiro atoms. The number of rotatable bonds is 6. The van der Waals surface area contributed by atoms with Crippen LogP contribution in [0.25, 0.3) is 0 Å². The van der Waals surface area contributed by atoms with E-state index in [1.165, 1.54) is 11.0 Å². The molecule has 27 heavy (non-hydrogen) atoms. The number of hydrogen-bond acceptors (Lipinski definition) is 4. The fourth-order valence-electron chi connectivity index (χ4n) is 3.63. The van der Waals surface area contributed by atoms with Crippen molar-refractivity contribution in [3.8, 4) is 0 Å². The molecule has 2 heterocycles. The van der Waals surface area contributed by atoms with Crippen molar-refractivity contribution in [1.29, 1.82) is 0 Å². The molecular formula is C18H27FN3O3S2+. The SMILES string of the molecule is O=S1(=O)CC[C@H](N(CCC[NH+]2CCOCC2)C(=S)Nc2ccccc2F)C1. The van der Waals surface area contributed by atoms with Crippen molar-refractivity contribution in [2.24, 2.45) is 0 Å². The molecule has 2 aliphatic rings. The Morgan fingerprint density at radius 3 is 2.74 bits per heavy atom. The van der Waals surface area contributed by atoms with Crippen molar-refractivity contribution in [3.63, 3.8) is 0 Å². The molecule has 3 rings (SSSR count). The first-order valence-corrected chi connectivity index (χ1v) is 11.6. The van der Waals surface area contributed by atoms with Gasteiger partial charge < -0.3 is 19.9 Å². The van der Waals surface area contributed by atoms with Gasteiger partial charge in [-0.1, -0.05) is 12.1 Å². The van der Waals surface area contributed by atoms with Crippen LogP contribution in [0, 0.1) is 5.82 Å². The van der Waals surface area contributed by atoms with Crippen molar-refractivity contribution in [2.45, 2.75) is 18.9 Å². The first-order valence-electron chi connectivity index (χ1n) is 9.38. The lowest BCUT2D eigenvalue weighted by atomic mass is 10.2. The number of quaternary nitrogens is 1. The van der Waals surface area contributed by atoms with E-state index in [2.05, 4.69) is 5.32 Å². The van der Waals surface area contributed by atoms with Crippen LogP contribution in [0.4, 0.5) is 10.1 Å². The van der Waals surface area contributed by atoms with E-state index in [1.807, 2.05) is 4.90 Å². The molecule has 2 aliphatic heterocycles. The van der Waals surface area contributed by atoms with E-state index in [9.17, 15) is 12.8 Å². The number of para-hydroxylation sites is 1. The maximum atomic E-state index is 14.0. The van der Waals surface area contributed by atoms with Crippen LogP contribution in [0.3, 0.4) is 0 Å². The summed E-state index contributed by atoms with van der Waals surface area (Å²) in [4.78, 5) is 3.43. The van der Waals surface area contributed by atoms with Gasteiger partial charge in [-0.15, -0.1) is 0 Å². The minimum atomic E-state index is -3.03. The lowest BCUT2D eigenvalue weighted by Gasteiger charge is -2.32. The lowest BCUT2D eigenvalue weighted by Crippen LogP contribution is -3.14. The Labute approximate surface area is 165 Å². The summed E-state index contributed by atoms with van der Waals surface area (Å²) in [5, 5.41) is 3.35. The van der Waals surface area contributed by atoms with Crippen LogP contribution in [0.15, 0.2) is 24.3 Å². The van der Waals surface area contributed by atoms with E-state index in [0.717, 1.165) is 39.3 Å². The number of nitrogens with one attached hydrogen (secondary N) is 2. The topological polar surface area (TPSA) is 63.1 Å². The lowest BCUT2D eigenvalue weighted by molar-refractivity contribution is -0.908. The number of hydrogen-bond donors (Lipinski definition) is 2. The minimum absolute atomic E-state index is 0.108. The van der Waals surface area contributed by atoms with Gasteiger partial charge in [-0.2, -0.15) is 0 Å². The summed E-state index contributed by atoms with van der Waals surface area (Å²) in [7, 11) is -3.03. The Morgan fingerprint density at radius 1 is 1.33 bits per heavy atom. The van der Waals surface area contributed by atoms with Crippen molar-refractivity contribution >= 4 is 32.9 Å². The first-order chi connectivity index (χ1) is 12.9. The standard InChI is InChI=1S/C18H26FN3O3S2/c19-16-4-1-2-5-17(16)20-18(26)22(15-6-13-27(23,24)14-15)8-3-7-21-9-11-25-12-10-21/h1-2,4-5,15H,3,6-14H2,(H,20,26)/p+1/t15-/m0/s1. The van der Waals surface area contributed by atoms with E-state index in [0.29, 0.717) is 23.8 Å². The van der Waals surface area contributed by atoms with E-state index in [-0.39, 0.29) is 23.4 Å². The predicted molar refractivity (Wildman–Crippen MR) is 107 cm³/mol. The number of benzene rings is 1. The molecule has 1 atom stereocenters. The highest BCUT2D eigenvalue weighted by Crippen LogP contribution is 2.20. The van der Waals surface area contributed by atoms with Crippen molar-refractivity contribution in [1.82, 2.24) is 4.90 Å². The summed E-state index contributed by atoms with van der Waals surface area (Å²) >= 11 is 5.53. The zero-order valence-electron chi connectivity index (χ0n) is 15.3. The molecule has 0 unspecified atom stereocenters. The Balaban J connectivity index is 1.63. The summed E-state index contributed by atoms with van der Waals surface area (Å²) < 4.78 is 43.2. The molecule has 0 amide bonds. The average molecular weight is 417 g/mol. The Kier molecular flexibility index (Phi) is 7.02. The first kappa shape index (κ1) is 20.4. The second kappa shape index (κ2) is 9.27. The number of thiocarbonyl (C=S) groups is 1. The number of anilines is 1. The number of nitrogens with zero attached hydrogens (tertiary/aromatic N) is 1. The van der Waals surface area contributed by atoms with E-state index in [1.54, 1.807) is 18.2 Å². The summed E-state index contributed by atoms with van der Waals surface area (Å²) in [5.74, 6) is -0.0848. The van der Waals surface area contributed by atoms with Crippen molar-refractivity contribution in [2.75, 3.05) is 56.2 Å². The molecular weight excluding hydrogens is 389 g/mol. The van der Waals surface area contributed by atoms with E-state index < -0.39 is 9.84 Å². The Morgan fingerprint density at radius 2 is 2.07 bits per heavy atom. The third kappa shape index (κ3) is 5.84. The Hall–Kier alpha value is -1.29.